The molecule has 1 amide bonds. The number of carbonyl (C=O) groups is 3. The van der Waals surface area contributed by atoms with E-state index in [1.807, 2.05) is 39.0 Å². The van der Waals surface area contributed by atoms with Crippen LogP contribution in [0.5, 0.6) is 11.6 Å². The van der Waals surface area contributed by atoms with E-state index in [2.05, 4.69) is 0 Å². The summed E-state index contributed by atoms with van der Waals surface area (Å²) in [5.74, 6) is 0.0751. The van der Waals surface area contributed by atoms with Crippen LogP contribution in [-0.2, 0) is 30.3 Å². The van der Waals surface area contributed by atoms with Gasteiger partial charge in [-0.05, 0) is 49.1 Å². The van der Waals surface area contributed by atoms with Crippen LogP contribution in [0.1, 0.15) is 65.0 Å². The van der Waals surface area contributed by atoms with E-state index >= 15 is 0 Å². The summed E-state index contributed by atoms with van der Waals surface area (Å²) < 4.78 is 23.4. The molecule has 41 heavy (non-hydrogen) atoms. The van der Waals surface area contributed by atoms with E-state index in [4.69, 9.17) is 28.9 Å². The third kappa shape index (κ3) is 6.32. The summed E-state index contributed by atoms with van der Waals surface area (Å²) in [7, 11) is 3.10. The van der Waals surface area contributed by atoms with Gasteiger partial charge < -0.3 is 28.6 Å². The van der Waals surface area contributed by atoms with Crippen LogP contribution >= 0.6 is 0 Å². The van der Waals surface area contributed by atoms with Gasteiger partial charge in [0.2, 0.25) is 11.8 Å². The summed E-state index contributed by atoms with van der Waals surface area (Å²) in [6.07, 6.45) is 4.71. The van der Waals surface area contributed by atoms with Gasteiger partial charge in [-0.1, -0.05) is 33.6 Å². The molecule has 2 fully saturated rings. The fourth-order valence-electron chi connectivity index (χ4n) is 6.07. The average Bonchev–Trinajstić information content (AvgIpc) is 3.57. The number of nitrogens with zero attached hydrogens (tertiary/aromatic N) is 3. The van der Waals surface area contributed by atoms with Crippen molar-refractivity contribution in [3.63, 3.8) is 0 Å². The standard InChI is InChI=1S/C31H41N3O7/c1-31(2,3)20-15-27(36)40-25-13-18(25)9-7-6-8-10-22-29(33-23-14-19(38-4)11-12-21(23)32-22)41-26-16-34(30(20)37)24(17-35)28(26)39-5/h11-12,14,17-18,20,24-26,28H,6-10,13,15-16H2,1-5H3/t18-,20-,24-,25-,26+,28+/m1/s1. The summed E-state index contributed by atoms with van der Waals surface area (Å²) >= 11 is 0. The molecule has 2 aromatic rings. The number of amides is 1. The Morgan fingerprint density at radius 3 is 2.54 bits per heavy atom. The number of aryl methyl sites for hydroxylation is 1. The maximum absolute atomic E-state index is 14.0. The second-order valence-corrected chi connectivity index (χ2v) is 12.6. The van der Waals surface area contributed by atoms with Crippen LogP contribution in [-0.4, -0.2) is 78.1 Å². The normalized spacial score (nSPS) is 29.4. The number of fused-ring (bicyclic) bond motifs is 5. The quantitative estimate of drug-likeness (QED) is 0.402. The smallest absolute Gasteiger partial charge is 0.306 e. The summed E-state index contributed by atoms with van der Waals surface area (Å²) in [5, 5.41) is 0. The van der Waals surface area contributed by atoms with Crippen LogP contribution in [0.25, 0.3) is 11.0 Å². The average molecular weight is 568 g/mol. The third-order valence-electron chi connectivity index (χ3n) is 8.65. The molecule has 1 aromatic carbocycles. The summed E-state index contributed by atoms with van der Waals surface area (Å²) in [5.41, 5.74) is 1.56. The van der Waals surface area contributed by atoms with Gasteiger partial charge in [0.25, 0.3) is 0 Å². The van der Waals surface area contributed by atoms with Crippen molar-refractivity contribution in [3.8, 4) is 11.6 Å². The van der Waals surface area contributed by atoms with Crippen molar-refractivity contribution in [1.29, 1.82) is 0 Å². The Bertz CT molecular complexity index is 1290. The van der Waals surface area contributed by atoms with Crippen LogP contribution in [0.3, 0.4) is 0 Å². The van der Waals surface area contributed by atoms with Crippen LogP contribution in [0.4, 0.5) is 0 Å². The molecule has 6 atom stereocenters. The SMILES string of the molecule is COc1ccc2nc3c(nc2c1)O[C@H]1CN(C(=O)[C@H](C(C)(C)C)CC(=O)O[C@@H]2C[C@H]2CCCCC3)[C@H](C=O)[C@@H]1OC. The molecule has 0 N–H and O–H groups in total. The lowest BCUT2D eigenvalue weighted by Gasteiger charge is -2.34. The number of esters is 1. The molecule has 1 saturated carbocycles. The molecular formula is C31H41N3O7. The molecule has 1 saturated heterocycles. The lowest BCUT2D eigenvalue weighted by atomic mass is 9.77. The minimum atomic E-state index is -0.870. The second kappa shape index (κ2) is 11.9. The van der Waals surface area contributed by atoms with E-state index in [1.165, 1.54) is 12.0 Å². The Morgan fingerprint density at radius 2 is 1.83 bits per heavy atom. The van der Waals surface area contributed by atoms with Crippen molar-refractivity contribution in [1.82, 2.24) is 14.9 Å². The van der Waals surface area contributed by atoms with Crippen molar-refractivity contribution in [2.75, 3.05) is 20.8 Å². The largest absolute Gasteiger partial charge is 0.497 e. The summed E-state index contributed by atoms with van der Waals surface area (Å²) in [4.78, 5) is 50.5. The van der Waals surface area contributed by atoms with Crippen molar-refractivity contribution in [3.05, 3.63) is 23.9 Å². The Balaban J connectivity index is 1.51. The summed E-state index contributed by atoms with van der Waals surface area (Å²) in [6.45, 7) is 5.89. The van der Waals surface area contributed by atoms with Gasteiger partial charge in [-0.3, -0.25) is 9.59 Å². The highest BCUT2D eigenvalue weighted by atomic mass is 16.6. The van der Waals surface area contributed by atoms with E-state index < -0.39 is 29.6 Å². The zero-order chi connectivity index (χ0) is 29.3. The van der Waals surface area contributed by atoms with Gasteiger partial charge in [-0.2, -0.15) is 0 Å². The number of aldehydes is 1. The molecule has 222 valence electrons. The van der Waals surface area contributed by atoms with Crippen LogP contribution < -0.4 is 9.47 Å². The lowest BCUT2D eigenvalue weighted by Crippen LogP contribution is -2.47. The first kappa shape index (κ1) is 29.2. The molecular weight excluding hydrogens is 526 g/mol. The molecule has 0 radical (unpaired) electrons. The van der Waals surface area contributed by atoms with Crippen molar-refractivity contribution < 1.29 is 33.3 Å². The van der Waals surface area contributed by atoms with Gasteiger partial charge >= 0.3 is 5.97 Å². The Labute approximate surface area is 241 Å². The number of rotatable bonds is 3. The fourth-order valence-corrected chi connectivity index (χ4v) is 6.07. The number of hydrogen-bond acceptors (Lipinski definition) is 9. The van der Waals surface area contributed by atoms with Gasteiger partial charge in [-0.25, -0.2) is 9.97 Å². The van der Waals surface area contributed by atoms with Crippen molar-refractivity contribution in [2.45, 2.75) is 90.1 Å². The number of carbonyl (C=O) groups excluding carboxylic acids is 3. The molecule has 5 rings (SSSR count). The fraction of sp³-hybridized carbons (Fsp3) is 0.645. The Hall–Kier alpha value is -3.27. The van der Waals surface area contributed by atoms with E-state index in [-0.39, 0.29) is 30.9 Å². The van der Waals surface area contributed by atoms with E-state index in [1.54, 1.807) is 7.11 Å². The second-order valence-electron chi connectivity index (χ2n) is 12.6. The molecule has 0 unspecified atom stereocenters. The first-order valence-corrected chi connectivity index (χ1v) is 14.6. The van der Waals surface area contributed by atoms with Crippen molar-refractivity contribution >= 4 is 29.2 Å². The Kier molecular flexibility index (Phi) is 8.50. The molecule has 10 heteroatoms. The maximum atomic E-state index is 14.0. The lowest BCUT2D eigenvalue weighted by molar-refractivity contribution is -0.154. The first-order chi connectivity index (χ1) is 19.6. The number of methoxy groups -OCH3 is 2. The first-order valence-electron chi connectivity index (χ1n) is 14.6. The van der Waals surface area contributed by atoms with Gasteiger partial charge in [0.05, 0.1) is 37.0 Å². The van der Waals surface area contributed by atoms with E-state index in [0.717, 1.165) is 49.6 Å². The number of hydrogen-bond donors (Lipinski definition) is 0. The molecule has 3 heterocycles. The van der Waals surface area contributed by atoms with Crippen molar-refractivity contribution in [2.24, 2.45) is 17.3 Å². The van der Waals surface area contributed by atoms with Crippen LogP contribution in [0, 0.1) is 17.3 Å². The molecule has 1 aliphatic carbocycles. The monoisotopic (exact) mass is 567 g/mol. The zero-order valence-electron chi connectivity index (χ0n) is 24.6. The van der Waals surface area contributed by atoms with Gasteiger partial charge in [0.15, 0.2) is 0 Å². The highest BCUT2D eigenvalue weighted by molar-refractivity contribution is 5.87. The maximum Gasteiger partial charge on any atom is 0.306 e. The molecule has 1 aromatic heterocycles. The van der Waals surface area contributed by atoms with Crippen LogP contribution in [0.15, 0.2) is 18.2 Å². The number of ether oxygens (including phenoxy) is 4. The predicted octanol–water partition coefficient (Wildman–Crippen LogP) is 3.91. The number of aromatic nitrogens is 2. The number of benzene rings is 1. The topological polar surface area (TPSA) is 117 Å². The van der Waals surface area contributed by atoms with E-state index in [0.29, 0.717) is 29.5 Å². The molecule has 3 aliphatic rings. The molecule has 2 aliphatic heterocycles. The van der Waals surface area contributed by atoms with Gasteiger partial charge in [-0.15, -0.1) is 0 Å². The molecule has 0 spiro atoms. The molecule has 10 nitrogen and oxygen atoms in total. The highest BCUT2D eigenvalue weighted by Crippen LogP contribution is 2.40. The van der Waals surface area contributed by atoms with Crippen LogP contribution in [0.2, 0.25) is 0 Å². The highest BCUT2D eigenvalue weighted by Gasteiger charge is 2.50. The van der Waals surface area contributed by atoms with Gasteiger partial charge in [0, 0.05) is 13.2 Å². The Morgan fingerprint density at radius 1 is 1.02 bits per heavy atom. The summed E-state index contributed by atoms with van der Waals surface area (Å²) in [6, 6.07) is 4.67. The zero-order valence-corrected chi connectivity index (χ0v) is 24.6. The minimum Gasteiger partial charge on any atom is -0.497 e. The minimum absolute atomic E-state index is 0.0427. The third-order valence-corrected chi connectivity index (χ3v) is 8.65. The predicted molar refractivity (Wildman–Crippen MR) is 151 cm³/mol. The van der Waals surface area contributed by atoms with E-state index in [9.17, 15) is 14.4 Å². The molecule has 2 bridgehead atoms. The van der Waals surface area contributed by atoms with Gasteiger partial charge in [0.1, 0.15) is 42.1 Å².